The van der Waals surface area contributed by atoms with Crippen LogP contribution in [-0.2, 0) is 0 Å². The Kier molecular flexibility index (Phi) is 3.55. The second-order valence-electron chi connectivity index (χ2n) is 5.38. The van der Waals surface area contributed by atoms with Crippen LogP contribution in [0.15, 0.2) is 12.1 Å². The predicted octanol–water partition coefficient (Wildman–Crippen LogP) is 1.48. The van der Waals surface area contributed by atoms with Crippen molar-refractivity contribution < 1.29 is 9.18 Å². The number of nitrogens with one attached hydrogen (secondary N) is 2. The highest BCUT2D eigenvalue weighted by molar-refractivity contribution is 6.04. The predicted molar refractivity (Wildman–Crippen MR) is 77.7 cm³/mol. The fraction of sp³-hybridized carbons (Fsp3) is 0.400. The summed E-state index contributed by atoms with van der Waals surface area (Å²) in [7, 11) is 0. The normalized spacial score (nSPS) is 18.1. The van der Waals surface area contributed by atoms with Gasteiger partial charge in [-0.25, -0.2) is 14.4 Å². The molecule has 0 saturated carbocycles. The summed E-state index contributed by atoms with van der Waals surface area (Å²) in [5.74, 6) is -0.777. The SMILES string of the molecule is Cc1nc2cc(F)cc(C(=O)NC3CCNC3)c2nc1C. The highest BCUT2D eigenvalue weighted by atomic mass is 19.1. The van der Waals surface area contributed by atoms with Gasteiger partial charge in [-0.2, -0.15) is 0 Å². The molecule has 1 unspecified atom stereocenters. The molecule has 1 aromatic heterocycles. The van der Waals surface area contributed by atoms with Gasteiger partial charge in [0.05, 0.1) is 22.5 Å². The van der Waals surface area contributed by atoms with E-state index in [-0.39, 0.29) is 17.5 Å². The van der Waals surface area contributed by atoms with Gasteiger partial charge in [0.15, 0.2) is 0 Å². The van der Waals surface area contributed by atoms with Crippen LogP contribution in [0.4, 0.5) is 4.39 Å². The van der Waals surface area contributed by atoms with Crippen LogP contribution >= 0.6 is 0 Å². The van der Waals surface area contributed by atoms with E-state index in [4.69, 9.17) is 0 Å². The molecule has 1 aliphatic heterocycles. The van der Waals surface area contributed by atoms with Crippen LogP contribution in [0.5, 0.6) is 0 Å². The van der Waals surface area contributed by atoms with Gasteiger partial charge in [-0.1, -0.05) is 0 Å². The van der Waals surface area contributed by atoms with E-state index in [2.05, 4.69) is 20.6 Å². The van der Waals surface area contributed by atoms with Gasteiger partial charge in [-0.3, -0.25) is 4.79 Å². The topological polar surface area (TPSA) is 66.9 Å². The zero-order valence-corrected chi connectivity index (χ0v) is 12.0. The van der Waals surface area contributed by atoms with Crippen LogP contribution in [-0.4, -0.2) is 35.0 Å². The largest absolute Gasteiger partial charge is 0.348 e. The number of carbonyl (C=O) groups is 1. The molecule has 2 N–H and O–H groups in total. The third-order valence-electron chi connectivity index (χ3n) is 3.79. The van der Waals surface area contributed by atoms with Gasteiger partial charge in [0.1, 0.15) is 11.3 Å². The van der Waals surface area contributed by atoms with Crippen molar-refractivity contribution in [1.82, 2.24) is 20.6 Å². The summed E-state index contributed by atoms with van der Waals surface area (Å²) in [6, 6.07) is 2.61. The van der Waals surface area contributed by atoms with Crippen molar-refractivity contribution >= 4 is 16.9 Å². The Bertz CT molecular complexity index is 710. The van der Waals surface area contributed by atoms with E-state index in [1.807, 2.05) is 13.8 Å². The lowest BCUT2D eigenvalue weighted by Gasteiger charge is -2.13. The van der Waals surface area contributed by atoms with Crippen LogP contribution in [0, 0.1) is 19.7 Å². The molecular formula is C15H17FN4O. The second-order valence-corrected chi connectivity index (χ2v) is 5.38. The minimum absolute atomic E-state index is 0.0790. The highest BCUT2D eigenvalue weighted by Crippen LogP contribution is 2.19. The molecule has 110 valence electrons. The summed E-state index contributed by atoms with van der Waals surface area (Å²) >= 11 is 0. The summed E-state index contributed by atoms with van der Waals surface area (Å²) in [4.78, 5) is 21.1. The van der Waals surface area contributed by atoms with Crippen LogP contribution in [0.3, 0.4) is 0 Å². The van der Waals surface area contributed by atoms with Crippen molar-refractivity contribution in [2.45, 2.75) is 26.3 Å². The molecule has 0 bridgehead atoms. The molecule has 1 fully saturated rings. The number of nitrogens with zero attached hydrogens (tertiary/aromatic N) is 2. The summed E-state index contributed by atoms with van der Waals surface area (Å²) in [5.41, 5.74) is 2.58. The molecule has 1 atom stereocenters. The molecule has 1 aromatic carbocycles. The van der Waals surface area contributed by atoms with Crippen LogP contribution in [0.25, 0.3) is 11.0 Å². The van der Waals surface area contributed by atoms with Crippen molar-refractivity contribution in [1.29, 1.82) is 0 Å². The van der Waals surface area contributed by atoms with Crippen molar-refractivity contribution in [3.63, 3.8) is 0 Å². The molecule has 1 amide bonds. The molecule has 1 saturated heterocycles. The summed E-state index contributed by atoms with van der Waals surface area (Å²) < 4.78 is 13.7. The van der Waals surface area contributed by atoms with Gasteiger partial charge in [-0.05, 0) is 32.9 Å². The first-order valence-corrected chi connectivity index (χ1v) is 7.00. The molecule has 6 heteroatoms. The van der Waals surface area contributed by atoms with Gasteiger partial charge in [0, 0.05) is 18.7 Å². The minimum atomic E-state index is -0.477. The Hall–Kier alpha value is -2.08. The Labute approximate surface area is 122 Å². The van der Waals surface area contributed by atoms with E-state index in [9.17, 15) is 9.18 Å². The number of carbonyl (C=O) groups excluding carboxylic acids is 1. The van der Waals surface area contributed by atoms with Gasteiger partial charge >= 0.3 is 0 Å². The van der Waals surface area contributed by atoms with Crippen LogP contribution in [0.2, 0.25) is 0 Å². The number of hydrogen-bond acceptors (Lipinski definition) is 4. The molecule has 0 spiro atoms. The van der Waals surface area contributed by atoms with E-state index in [1.165, 1.54) is 12.1 Å². The van der Waals surface area contributed by atoms with E-state index >= 15 is 0 Å². The van der Waals surface area contributed by atoms with Crippen molar-refractivity contribution in [3.8, 4) is 0 Å². The smallest absolute Gasteiger partial charge is 0.253 e. The molecule has 0 radical (unpaired) electrons. The lowest BCUT2D eigenvalue weighted by atomic mass is 10.1. The van der Waals surface area contributed by atoms with E-state index < -0.39 is 5.82 Å². The molecule has 21 heavy (non-hydrogen) atoms. The second kappa shape index (κ2) is 5.37. The molecular weight excluding hydrogens is 271 g/mol. The quantitative estimate of drug-likeness (QED) is 0.878. The van der Waals surface area contributed by atoms with E-state index in [0.29, 0.717) is 11.0 Å². The van der Waals surface area contributed by atoms with Crippen LogP contribution < -0.4 is 10.6 Å². The molecule has 3 rings (SSSR count). The Balaban J connectivity index is 2.03. The monoisotopic (exact) mass is 288 g/mol. The van der Waals surface area contributed by atoms with Gasteiger partial charge in [0.25, 0.3) is 5.91 Å². The number of aromatic nitrogens is 2. The third kappa shape index (κ3) is 2.71. The van der Waals surface area contributed by atoms with Crippen molar-refractivity contribution in [3.05, 3.63) is 34.9 Å². The van der Waals surface area contributed by atoms with Crippen LogP contribution in [0.1, 0.15) is 28.2 Å². The average molecular weight is 288 g/mol. The number of rotatable bonds is 2. The molecule has 2 heterocycles. The first-order chi connectivity index (χ1) is 10.0. The average Bonchev–Trinajstić information content (AvgIpc) is 2.92. The maximum absolute atomic E-state index is 13.7. The van der Waals surface area contributed by atoms with Crippen molar-refractivity contribution in [2.75, 3.05) is 13.1 Å². The summed E-state index contributed by atoms with van der Waals surface area (Å²) in [6.45, 7) is 5.26. The zero-order valence-electron chi connectivity index (χ0n) is 12.0. The van der Waals surface area contributed by atoms with Gasteiger partial charge in [0.2, 0.25) is 0 Å². The Morgan fingerprint density at radius 1 is 1.33 bits per heavy atom. The molecule has 5 nitrogen and oxygen atoms in total. The Morgan fingerprint density at radius 2 is 2.10 bits per heavy atom. The minimum Gasteiger partial charge on any atom is -0.348 e. The summed E-state index contributed by atoms with van der Waals surface area (Å²) in [5, 5.41) is 6.09. The fourth-order valence-corrected chi connectivity index (χ4v) is 2.51. The van der Waals surface area contributed by atoms with Crippen molar-refractivity contribution in [2.24, 2.45) is 0 Å². The number of hydrogen-bond donors (Lipinski definition) is 2. The lowest BCUT2D eigenvalue weighted by Crippen LogP contribution is -2.36. The number of benzene rings is 1. The number of aryl methyl sites for hydroxylation is 2. The third-order valence-corrected chi connectivity index (χ3v) is 3.79. The maximum atomic E-state index is 13.7. The van der Waals surface area contributed by atoms with Gasteiger partial charge in [-0.15, -0.1) is 0 Å². The molecule has 0 aliphatic carbocycles. The van der Waals surface area contributed by atoms with Gasteiger partial charge < -0.3 is 10.6 Å². The highest BCUT2D eigenvalue weighted by Gasteiger charge is 2.20. The Morgan fingerprint density at radius 3 is 2.81 bits per heavy atom. The maximum Gasteiger partial charge on any atom is 0.253 e. The van der Waals surface area contributed by atoms with E-state index in [1.54, 1.807) is 0 Å². The molecule has 1 aliphatic rings. The number of amides is 1. The standard InChI is InChI=1S/C15H17FN4O/c1-8-9(2)19-14-12(5-10(16)6-13(14)18-8)15(21)20-11-3-4-17-7-11/h5-6,11,17H,3-4,7H2,1-2H3,(H,20,21). The number of halogens is 1. The lowest BCUT2D eigenvalue weighted by molar-refractivity contribution is 0.0941. The molecule has 2 aromatic rings. The fourth-order valence-electron chi connectivity index (χ4n) is 2.51. The number of fused-ring (bicyclic) bond motifs is 1. The first-order valence-electron chi connectivity index (χ1n) is 7.00. The first kappa shape index (κ1) is 13.9. The van der Waals surface area contributed by atoms with E-state index in [0.717, 1.165) is 30.9 Å². The zero-order chi connectivity index (χ0) is 15.0. The summed E-state index contributed by atoms with van der Waals surface area (Å²) in [6.07, 6.45) is 0.878.